The van der Waals surface area contributed by atoms with Gasteiger partial charge in [0, 0.05) is 26.1 Å². The number of piperidine rings is 1. The van der Waals surface area contributed by atoms with Gasteiger partial charge in [-0.1, -0.05) is 12.1 Å². The van der Waals surface area contributed by atoms with E-state index in [1.54, 1.807) is 17.9 Å². The van der Waals surface area contributed by atoms with Crippen LogP contribution in [0.3, 0.4) is 0 Å². The second kappa shape index (κ2) is 6.05. The largest absolute Gasteiger partial charge is 0.342 e. The number of aromatic amines is 1. The Kier molecular flexibility index (Phi) is 3.88. The van der Waals surface area contributed by atoms with Gasteiger partial charge in [0.15, 0.2) is 0 Å². The molecule has 0 radical (unpaired) electrons. The number of rotatable bonds is 2. The third-order valence-corrected chi connectivity index (χ3v) is 5.18. The lowest BCUT2D eigenvalue weighted by molar-refractivity contribution is 0.0692. The molecule has 3 aromatic rings. The van der Waals surface area contributed by atoms with Crippen molar-refractivity contribution in [2.45, 2.75) is 18.8 Å². The van der Waals surface area contributed by atoms with Gasteiger partial charge in [-0.15, -0.1) is 0 Å². The minimum Gasteiger partial charge on any atom is -0.342 e. The molecule has 1 atom stereocenters. The number of benzene rings is 1. The summed E-state index contributed by atoms with van der Waals surface area (Å²) < 4.78 is 2.36. The fraction of sp³-hybridized carbons (Fsp3) is 0.353. The highest BCUT2D eigenvalue weighted by atomic mass is 79.9. The lowest BCUT2D eigenvalue weighted by atomic mass is 9.97. The van der Waals surface area contributed by atoms with Gasteiger partial charge in [-0.05, 0) is 40.9 Å². The zero-order chi connectivity index (χ0) is 16.7. The van der Waals surface area contributed by atoms with Gasteiger partial charge in [-0.25, -0.2) is 4.98 Å². The van der Waals surface area contributed by atoms with Crippen molar-refractivity contribution in [2.75, 3.05) is 13.1 Å². The van der Waals surface area contributed by atoms with E-state index < -0.39 is 0 Å². The number of amides is 1. The summed E-state index contributed by atoms with van der Waals surface area (Å²) in [5.74, 6) is 1.22. The average molecular weight is 388 g/mol. The maximum atomic E-state index is 12.9. The van der Waals surface area contributed by atoms with E-state index in [2.05, 4.69) is 26.0 Å². The van der Waals surface area contributed by atoms with Crippen LogP contribution < -0.4 is 0 Å². The Bertz CT molecular complexity index is 847. The van der Waals surface area contributed by atoms with E-state index in [0.717, 1.165) is 40.7 Å². The summed E-state index contributed by atoms with van der Waals surface area (Å²) in [6.07, 6.45) is 3.67. The molecule has 0 bridgehead atoms. The molecule has 1 fully saturated rings. The second-order valence-electron chi connectivity index (χ2n) is 6.19. The summed E-state index contributed by atoms with van der Waals surface area (Å²) in [5, 5.41) is 4.14. The van der Waals surface area contributed by atoms with Crippen LogP contribution in [0.4, 0.5) is 0 Å². The highest BCUT2D eigenvalue weighted by molar-refractivity contribution is 9.10. The van der Waals surface area contributed by atoms with E-state index in [0.29, 0.717) is 12.2 Å². The van der Waals surface area contributed by atoms with Gasteiger partial charge < -0.3 is 9.88 Å². The number of imidazole rings is 1. The molecule has 7 heteroatoms. The number of nitrogens with zero attached hydrogens (tertiary/aromatic N) is 4. The molecule has 1 aliphatic rings. The van der Waals surface area contributed by atoms with E-state index in [-0.39, 0.29) is 11.8 Å². The summed E-state index contributed by atoms with van der Waals surface area (Å²) in [6.45, 7) is 1.45. The zero-order valence-electron chi connectivity index (χ0n) is 13.4. The quantitative estimate of drug-likeness (QED) is 0.734. The number of hydrogen-bond acceptors (Lipinski definition) is 3. The van der Waals surface area contributed by atoms with Crippen LogP contribution in [0.5, 0.6) is 0 Å². The Labute approximate surface area is 148 Å². The van der Waals surface area contributed by atoms with Crippen LogP contribution in [0.1, 0.15) is 35.1 Å². The molecule has 0 aliphatic carbocycles. The van der Waals surface area contributed by atoms with Crippen molar-refractivity contribution in [1.29, 1.82) is 0 Å². The molecule has 6 nitrogen and oxygen atoms in total. The van der Waals surface area contributed by atoms with E-state index in [1.165, 1.54) is 0 Å². The van der Waals surface area contributed by atoms with Gasteiger partial charge in [0.05, 0.1) is 21.7 Å². The fourth-order valence-corrected chi connectivity index (χ4v) is 3.87. The second-order valence-corrected chi connectivity index (χ2v) is 7.05. The Morgan fingerprint density at radius 3 is 2.96 bits per heavy atom. The van der Waals surface area contributed by atoms with Crippen molar-refractivity contribution >= 4 is 32.9 Å². The Hall–Kier alpha value is -2.15. The number of halogens is 1. The molecule has 4 rings (SSSR count). The van der Waals surface area contributed by atoms with Crippen molar-refractivity contribution in [3.05, 3.63) is 46.5 Å². The number of H-pyrrole nitrogens is 1. The lowest BCUT2D eigenvalue weighted by Gasteiger charge is -2.31. The molecule has 1 aliphatic heterocycles. The highest BCUT2D eigenvalue weighted by Gasteiger charge is 2.29. The highest BCUT2D eigenvalue weighted by Crippen LogP contribution is 2.28. The minimum atomic E-state index is 0.0164. The lowest BCUT2D eigenvalue weighted by Crippen LogP contribution is -2.40. The van der Waals surface area contributed by atoms with Gasteiger partial charge in [-0.2, -0.15) is 5.10 Å². The van der Waals surface area contributed by atoms with Gasteiger partial charge in [-0.3, -0.25) is 9.48 Å². The number of aryl methyl sites for hydroxylation is 1. The van der Waals surface area contributed by atoms with Crippen molar-refractivity contribution in [3.63, 3.8) is 0 Å². The number of aromatic nitrogens is 4. The Balaban J connectivity index is 1.58. The number of nitrogens with one attached hydrogen (secondary N) is 1. The molecule has 1 N–H and O–H groups in total. The number of carbonyl (C=O) groups is 1. The predicted molar refractivity (Wildman–Crippen MR) is 94.9 cm³/mol. The molecule has 1 amide bonds. The number of fused-ring (bicyclic) bond motifs is 1. The maximum Gasteiger partial charge on any atom is 0.273 e. The smallest absolute Gasteiger partial charge is 0.273 e. The zero-order valence-corrected chi connectivity index (χ0v) is 15.0. The summed E-state index contributed by atoms with van der Waals surface area (Å²) in [5.41, 5.74) is 2.62. The van der Waals surface area contributed by atoms with Crippen LogP contribution >= 0.6 is 15.9 Å². The van der Waals surface area contributed by atoms with Crippen LogP contribution in [0.15, 0.2) is 34.9 Å². The number of carbonyl (C=O) groups excluding carboxylic acids is 1. The van der Waals surface area contributed by atoms with Crippen LogP contribution in [-0.4, -0.2) is 43.6 Å². The van der Waals surface area contributed by atoms with Crippen molar-refractivity contribution in [3.8, 4) is 0 Å². The molecule has 1 unspecified atom stereocenters. The van der Waals surface area contributed by atoms with Gasteiger partial charge in [0.1, 0.15) is 11.5 Å². The van der Waals surface area contributed by atoms with Crippen molar-refractivity contribution < 1.29 is 4.79 Å². The number of para-hydroxylation sites is 2. The summed E-state index contributed by atoms with van der Waals surface area (Å²) in [7, 11) is 1.79. The maximum absolute atomic E-state index is 12.9. The predicted octanol–water partition coefficient (Wildman–Crippen LogP) is 3.08. The minimum absolute atomic E-state index is 0.0164. The monoisotopic (exact) mass is 387 g/mol. The molecule has 1 saturated heterocycles. The van der Waals surface area contributed by atoms with Crippen molar-refractivity contribution in [2.24, 2.45) is 7.05 Å². The summed E-state index contributed by atoms with van der Waals surface area (Å²) in [6, 6.07) is 8.03. The van der Waals surface area contributed by atoms with E-state index in [9.17, 15) is 4.79 Å². The first kappa shape index (κ1) is 15.4. The molecule has 3 heterocycles. The SMILES string of the molecule is Cn1ncc(Br)c1C(=O)N1CCCC(c2nc3ccccc3[nH]2)C1. The molecule has 124 valence electrons. The first-order valence-corrected chi connectivity index (χ1v) is 8.84. The molecule has 2 aromatic heterocycles. The Morgan fingerprint density at radius 1 is 1.38 bits per heavy atom. The third-order valence-electron chi connectivity index (χ3n) is 4.60. The summed E-state index contributed by atoms with van der Waals surface area (Å²) >= 11 is 3.42. The van der Waals surface area contributed by atoms with Gasteiger partial charge >= 0.3 is 0 Å². The van der Waals surface area contributed by atoms with Crippen LogP contribution in [0.25, 0.3) is 11.0 Å². The molecule has 1 aromatic carbocycles. The molecular formula is C17H18BrN5O. The van der Waals surface area contributed by atoms with Crippen LogP contribution in [-0.2, 0) is 7.05 Å². The molecular weight excluding hydrogens is 370 g/mol. The van der Waals surface area contributed by atoms with Crippen LogP contribution in [0.2, 0.25) is 0 Å². The summed E-state index contributed by atoms with van der Waals surface area (Å²) in [4.78, 5) is 22.9. The number of likely N-dealkylation sites (tertiary alicyclic amines) is 1. The van der Waals surface area contributed by atoms with E-state index >= 15 is 0 Å². The van der Waals surface area contributed by atoms with Gasteiger partial charge in [0.25, 0.3) is 5.91 Å². The standard InChI is InChI=1S/C17H18BrN5O/c1-22-15(12(18)9-19-22)17(24)23-8-4-5-11(10-23)16-20-13-6-2-3-7-14(13)21-16/h2-3,6-7,9,11H,4-5,8,10H2,1H3,(H,20,21). The third kappa shape index (κ3) is 2.62. The Morgan fingerprint density at radius 2 is 2.21 bits per heavy atom. The fourth-order valence-electron chi connectivity index (χ4n) is 3.35. The first-order chi connectivity index (χ1) is 11.6. The molecule has 0 saturated carbocycles. The first-order valence-electron chi connectivity index (χ1n) is 8.05. The normalized spacial score (nSPS) is 18.2. The molecule has 0 spiro atoms. The topological polar surface area (TPSA) is 66.8 Å². The van der Waals surface area contributed by atoms with E-state index in [1.807, 2.05) is 29.2 Å². The average Bonchev–Trinajstić information content (AvgIpc) is 3.18. The van der Waals surface area contributed by atoms with Gasteiger partial charge in [0.2, 0.25) is 0 Å². The van der Waals surface area contributed by atoms with E-state index in [4.69, 9.17) is 4.98 Å². The van der Waals surface area contributed by atoms with Crippen LogP contribution in [0, 0.1) is 0 Å². The van der Waals surface area contributed by atoms with Crippen molar-refractivity contribution in [1.82, 2.24) is 24.6 Å². The molecule has 24 heavy (non-hydrogen) atoms. The number of hydrogen-bond donors (Lipinski definition) is 1.